The summed E-state index contributed by atoms with van der Waals surface area (Å²) in [6.45, 7) is 2.86. The van der Waals surface area contributed by atoms with Crippen LogP contribution in [0.3, 0.4) is 0 Å². The fourth-order valence-corrected chi connectivity index (χ4v) is 2.93. The first-order chi connectivity index (χ1) is 7.75. The van der Waals surface area contributed by atoms with Gasteiger partial charge in [-0.1, -0.05) is 12.1 Å². The van der Waals surface area contributed by atoms with E-state index in [4.69, 9.17) is 0 Å². The summed E-state index contributed by atoms with van der Waals surface area (Å²) in [5, 5.41) is 3.15. The predicted molar refractivity (Wildman–Crippen MR) is 67.9 cm³/mol. The Labute approximate surface area is 101 Å². The normalized spacial score (nSPS) is 14.6. The minimum absolute atomic E-state index is 0.188. The van der Waals surface area contributed by atoms with Gasteiger partial charge >= 0.3 is 0 Å². The fraction of sp³-hybridized carbons (Fsp3) is 0.462. The summed E-state index contributed by atoms with van der Waals surface area (Å²) in [6.07, 6.45) is 2.48. The number of aryl methyl sites for hydroxylation is 1. The summed E-state index contributed by atoms with van der Waals surface area (Å²) >= 11 is 1.95. The van der Waals surface area contributed by atoms with Crippen molar-refractivity contribution < 1.29 is 4.79 Å². The lowest BCUT2D eigenvalue weighted by Gasteiger charge is -2.16. The zero-order valence-electron chi connectivity index (χ0n) is 9.58. The second kappa shape index (κ2) is 5.51. The van der Waals surface area contributed by atoms with Crippen LogP contribution in [0, 0.1) is 0 Å². The average molecular weight is 235 g/mol. The molecule has 0 bridgehead atoms. The molecule has 0 spiro atoms. The molecule has 1 aliphatic heterocycles. The number of fused-ring (bicyclic) bond motifs is 1. The molecule has 3 heteroatoms. The molecule has 0 saturated carbocycles. The van der Waals surface area contributed by atoms with Gasteiger partial charge in [0.2, 0.25) is 0 Å². The predicted octanol–water partition coefficient (Wildman–Crippen LogP) is 2.40. The Bertz CT molecular complexity index is 390. The monoisotopic (exact) mass is 235 g/mol. The summed E-state index contributed by atoms with van der Waals surface area (Å²) < 4.78 is 0. The van der Waals surface area contributed by atoms with Gasteiger partial charge in [-0.2, -0.15) is 0 Å². The van der Waals surface area contributed by atoms with Crippen LogP contribution in [0.25, 0.3) is 0 Å². The zero-order chi connectivity index (χ0) is 11.4. The van der Waals surface area contributed by atoms with Crippen LogP contribution in [-0.4, -0.2) is 18.1 Å². The SMILES string of the molecule is CC(=O)CNCc1ccc2c(c1)CCCS2. The van der Waals surface area contributed by atoms with Gasteiger partial charge in [-0.25, -0.2) is 0 Å². The molecule has 2 rings (SSSR count). The van der Waals surface area contributed by atoms with E-state index in [2.05, 4.69) is 23.5 Å². The second-order valence-corrected chi connectivity index (χ2v) is 5.34. The van der Waals surface area contributed by atoms with Crippen molar-refractivity contribution in [1.29, 1.82) is 0 Å². The molecule has 0 radical (unpaired) electrons. The van der Waals surface area contributed by atoms with Gasteiger partial charge in [-0.15, -0.1) is 11.8 Å². The van der Waals surface area contributed by atoms with Crippen molar-refractivity contribution in [3.8, 4) is 0 Å². The lowest BCUT2D eigenvalue weighted by atomic mass is 10.1. The number of hydrogen-bond donors (Lipinski definition) is 1. The summed E-state index contributed by atoms with van der Waals surface area (Å²) in [6, 6.07) is 6.64. The van der Waals surface area contributed by atoms with Crippen molar-refractivity contribution in [2.75, 3.05) is 12.3 Å². The van der Waals surface area contributed by atoms with Crippen LogP contribution in [-0.2, 0) is 17.8 Å². The van der Waals surface area contributed by atoms with Crippen LogP contribution >= 0.6 is 11.8 Å². The summed E-state index contributed by atoms with van der Waals surface area (Å²) in [5.41, 5.74) is 2.75. The Morgan fingerprint density at radius 2 is 2.38 bits per heavy atom. The maximum atomic E-state index is 10.8. The van der Waals surface area contributed by atoms with E-state index in [1.54, 1.807) is 6.92 Å². The second-order valence-electron chi connectivity index (χ2n) is 4.20. The molecule has 86 valence electrons. The highest BCUT2D eigenvalue weighted by Crippen LogP contribution is 2.30. The number of nitrogens with one attached hydrogen (secondary N) is 1. The highest BCUT2D eigenvalue weighted by molar-refractivity contribution is 7.99. The number of carbonyl (C=O) groups is 1. The van der Waals surface area contributed by atoms with Gasteiger partial charge in [0, 0.05) is 11.4 Å². The molecule has 1 aliphatic rings. The first kappa shape index (κ1) is 11.7. The molecule has 1 aromatic rings. The first-order valence-electron chi connectivity index (χ1n) is 5.70. The van der Waals surface area contributed by atoms with Crippen LogP contribution in [0.15, 0.2) is 23.1 Å². The standard InChI is InChI=1S/C13H17NOS/c1-10(15)8-14-9-11-4-5-13-12(7-11)3-2-6-16-13/h4-5,7,14H,2-3,6,8-9H2,1H3. The van der Waals surface area contributed by atoms with Crippen molar-refractivity contribution in [2.45, 2.75) is 31.2 Å². The Balaban J connectivity index is 1.97. The van der Waals surface area contributed by atoms with E-state index >= 15 is 0 Å². The van der Waals surface area contributed by atoms with Crippen molar-refractivity contribution in [3.63, 3.8) is 0 Å². The van der Waals surface area contributed by atoms with Crippen LogP contribution in [0.1, 0.15) is 24.5 Å². The number of Topliss-reactive ketones (excluding diaryl/α,β-unsaturated/α-hetero) is 1. The number of ketones is 1. The molecule has 1 aromatic carbocycles. The van der Waals surface area contributed by atoms with Crippen LogP contribution in [0.4, 0.5) is 0 Å². The van der Waals surface area contributed by atoms with E-state index in [9.17, 15) is 4.79 Å². The summed E-state index contributed by atoms with van der Waals surface area (Å²) in [5.74, 6) is 1.43. The Morgan fingerprint density at radius 1 is 1.50 bits per heavy atom. The minimum Gasteiger partial charge on any atom is -0.306 e. The summed E-state index contributed by atoms with van der Waals surface area (Å²) in [4.78, 5) is 12.2. The van der Waals surface area contributed by atoms with Crippen LogP contribution in [0.5, 0.6) is 0 Å². The molecular weight excluding hydrogens is 218 g/mol. The van der Waals surface area contributed by atoms with Crippen molar-refractivity contribution in [1.82, 2.24) is 5.32 Å². The number of thioether (sulfide) groups is 1. The van der Waals surface area contributed by atoms with Gasteiger partial charge in [0.05, 0.1) is 6.54 Å². The highest BCUT2D eigenvalue weighted by atomic mass is 32.2. The molecule has 0 amide bonds. The molecule has 2 nitrogen and oxygen atoms in total. The Morgan fingerprint density at radius 3 is 3.19 bits per heavy atom. The van der Waals surface area contributed by atoms with Crippen molar-refractivity contribution in [3.05, 3.63) is 29.3 Å². The largest absolute Gasteiger partial charge is 0.306 e. The van der Waals surface area contributed by atoms with Gasteiger partial charge in [0.25, 0.3) is 0 Å². The highest BCUT2D eigenvalue weighted by Gasteiger charge is 2.09. The lowest BCUT2D eigenvalue weighted by Crippen LogP contribution is -2.20. The van der Waals surface area contributed by atoms with Crippen LogP contribution in [0.2, 0.25) is 0 Å². The summed E-state index contributed by atoms with van der Waals surface area (Å²) in [7, 11) is 0. The third-order valence-electron chi connectivity index (χ3n) is 2.68. The fourth-order valence-electron chi connectivity index (χ4n) is 1.91. The quantitative estimate of drug-likeness (QED) is 0.869. The first-order valence-corrected chi connectivity index (χ1v) is 6.69. The molecular formula is C13H17NOS. The molecule has 0 saturated heterocycles. The van der Waals surface area contributed by atoms with E-state index in [1.807, 2.05) is 11.8 Å². The molecule has 0 atom stereocenters. The van der Waals surface area contributed by atoms with Gasteiger partial charge in [-0.3, -0.25) is 4.79 Å². The number of carbonyl (C=O) groups excluding carboxylic acids is 1. The Kier molecular flexibility index (Phi) is 4.02. The van der Waals surface area contributed by atoms with Crippen LogP contribution < -0.4 is 5.32 Å². The maximum absolute atomic E-state index is 10.8. The third-order valence-corrected chi connectivity index (χ3v) is 3.88. The van der Waals surface area contributed by atoms with E-state index in [1.165, 1.54) is 34.6 Å². The molecule has 0 unspecified atom stereocenters. The van der Waals surface area contributed by atoms with Gasteiger partial charge < -0.3 is 5.32 Å². The van der Waals surface area contributed by atoms with Gasteiger partial charge in [0.1, 0.15) is 5.78 Å². The van der Waals surface area contributed by atoms with E-state index in [0.29, 0.717) is 6.54 Å². The number of rotatable bonds is 4. The molecule has 16 heavy (non-hydrogen) atoms. The molecule has 0 fully saturated rings. The lowest BCUT2D eigenvalue weighted by molar-refractivity contribution is -0.116. The topological polar surface area (TPSA) is 29.1 Å². The van der Waals surface area contributed by atoms with Gasteiger partial charge in [0.15, 0.2) is 0 Å². The molecule has 1 heterocycles. The number of hydrogen-bond acceptors (Lipinski definition) is 3. The maximum Gasteiger partial charge on any atom is 0.143 e. The van der Waals surface area contributed by atoms with E-state index in [0.717, 1.165) is 6.54 Å². The smallest absolute Gasteiger partial charge is 0.143 e. The Hall–Kier alpha value is -0.800. The van der Waals surface area contributed by atoms with E-state index < -0.39 is 0 Å². The van der Waals surface area contributed by atoms with Crippen molar-refractivity contribution in [2.24, 2.45) is 0 Å². The van der Waals surface area contributed by atoms with Gasteiger partial charge in [-0.05, 0) is 42.7 Å². The molecule has 0 aliphatic carbocycles. The number of benzene rings is 1. The average Bonchev–Trinajstić information content (AvgIpc) is 2.28. The zero-order valence-corrected chi connectivity index (χ0v) is 10.4. The molecule has 0 aromatic heterocycles. The van der Waals surface area contributed by atoms with E-state index in [-0.39, 0.29) is 5.78 Å². The third kappa shape index (κ3) is 3.09. The van der Waals surface area contributed by atoms with Crippen molar-refractivity contribution >= 4 is 17.5 Å². The molecule has 1 N–H and O–H groups in total. The minimum atomic E-state index is 0.188.